The molecule has 0 aliphatic carbocycles. The Bertz CT molecular complexity index is 565. The predicted molar refractivity (Wildman–Crippen MR) is 143 cm³/mol. The summed E-state index contributed by atoms with van der Waals surface area (Å²) in [6.07, 6.45) is 12.4. The van der Waals surface area contributed by atoms with Crippen molar-refractivity contribution in [3.63, 3.8) is 0 Å². The second-order valence-electron chi connectivity index (χ2n) is 14.1. The lowest BCUT2D eigenvalue weighted by Gasteiger charge is -2.31. The fourth-order valence-electron chi connectivity index (χ4n) is 4.12. The van der Waals surface area contributed by atoms with Gasteiger partial charge in [-0.05, 0) is 88.4 Å². The number of carbonyl (C=O) groups is 2. The van der Waals surface area contributed by atoms with Crippen LogP contribution in [0.15, 0.2) is 0 Å². The molecular weight excluding hydrogens is 408 g/mol. The molecule has 2 amide bonds. The SMILES string of the molecule is CC(C)(C)CCCCC(=O)NCCCCC(C)(C)CCC(C)(C)CCCC(=O)NC(C)(C)C. The number of nitrogens with one attached hydrogen (secondary N) is 2. The monoisotopic (exact) mass is 466 g/mol. The Balaban J connectivity index is 3.97. The van der Waals surface area contributed by atoms with Crippen molar-refractivity contribution in [3.8, 4) is 0 Å². The van der Waals surface area contributed by atoms with E-state index in [1.165, 1.54) is 25.7 Å². The van der Waals surface area contributed by atoms with Crippen LogP contribution in [0.3, 0.4) is 0 Å². The third-order valence-corrected chi connectivity index (χ3v) is 6.43. The summed E-state index contributed by atoms with van der Waals surface area (Å²) in [4.78, 5) is 24.0. The summed E-state index contributed by atoms with van der Waals surface area (Å²) in [6, 6.07) is 0. The van der Waals surface area contributed by atoms with E-state index in [1.54, 1.807) is 0 Å². The minimum Gasteiger partial charge on any atom is -0.356 e. The van der Waals surface area contributed by atoms with Gasteiger partial charge in [0.1, 0.15) is 0 Å². The first-order valence-corrected chi connectivity index (χ1v) is 13.5. The smallest absolute Gasteiger partial charge is 0.220 e. The molecule has 0 aliphatic rings. The maximum absolute atomic E-state index is 12.0. The molecule has 4 nitrogen and oxygen atoms in total. The third kappa shape index (κ3) is 21.2. The van der Waals surface area contributed by atoms with Crippen LogP contribution in [0.25, 0.3) is 0 Å². The third-order valence-electron chi connectivity index (χ3n) is 6.43. The highest BCUT2D eigenvalue weighted by Crippen LogP contribution is 2.37. The lowest BCUT2D eigenvalue weighted by atomic mass is 9.74. The Morgan fingerprint density at radius 3 is 1.55 bits per heavy atom. The van der Waals surface area contributed by atoms with Gasteiger partial charge in [0.05, 0.1) is 0 Å². The van der Waals surface area contributed by atoms with Crippen molar-refractivity contribution in [3.05, 3.63) is 0 Å². The first-order valence-electron chi connectivity index (χ1n) is 13.5. The minimum absolute atomic E-state index is 0.147. The molecule has 0 heterocycles. The van der Waals surface area contributed by atoms with Gasteiger partial charge in [-0.25, -0.2) is 0 Å². The molecule has 2 N–H and O–H groups in total. The summed E-state index contributed by atoms with van der Waals surface area (Å²) in [7, 11) is 0. The van der Waals surface area contributed by atoms with Gasteiger partial charge in [-0.3, -0.25) is 9.59 Å². The summed E-state index contributed by atoms with van der Waals surface area (Å²) < 4.78 is 0. The molecule has 4 heteroatoms. The summed E-state index contributed by atoms with van der Waals surface area (Å²) >= 11 is 0. The van der Waals surface area contributed by atoms with Crippen LogP contribution in [-0.4, -0.2) is 23.9 Å². The molecule has 0 radical (unpaired) electrons. The number of amides is 2. The molecule has 0 aromatic heterocycles. The van der Waals surface area contributed by atoms with Gasteiger partial charge < -0.3 is 10.6 Å². The number of rotatable bonds is 16. The van der Waals surface area contributed by atoms with Crippen LogP contribution in [0.5, 0.6) is 0 Å². The van der Waals surface area contributed by atoms with Gasteiger partial charge in [-0.15, -0.1) is 0 Å². The van der Waals surface area contributed by atoms with Gasteiger partial charge in [0.2, 0.25) is 11.8 Å². The van der Waals surface area contributed by atoms with Crippen LogP contribution < -0.4 is 10.6 Å². The molecular formula is C29H58N2O2. The van der Waals surface area contributed by atoms with E-state index in [1.807, 2.05) is 20.8 Å². The molecule has 0 saturated heterocycles. The summed E-state index contributed by atoms with van der Waals surface area (Å²) in [6.45, 7) is 23.1. The highest BCUT2D eigenvalue weighted by molar-refractivity contribution is 5.76. The lowest BCUT2D eigenvalue weighted by molar-refractivity contribution is -0.123. The number of hydrogen-bond acceptors (Lipinski definition) is 2. The molecule has 0 bridgehead atoms. The average molecular weight is 467 g/mol. The lowest BCUT2D eigenvalue weighted by Crippen LogP contribution is -2.40. The van der Waals surface area contributed by atoms with Crippen molar-refractivity contribution in [2.24, 2.45) is 16.2 Å². The van der Waals surface area contributed by atoms with Crippen LogP contribution in [0.4, 0.5) is 0 Å². The van der Waals surface area contributed by atoms with Gasteiger partial charge >= 0.3 is 0 Å². The largest absolute Gasteiger partial charge is 0.356 e. The van der Waals surface area contributed by atoms with Crippen LogP contribution >= 0.6 is 0 Å². The Kier molecular flexibility index (Phi) is 13.9. The molecule has 0 rings (SSSR count). The topological polar surface area (TPSA) is 58.2 Å². The van der Waals surface area contributed by atoms with E-state index >= 15 is 0 Å². The number of carbonyl (C=O) groups excluding carboxylic acids is 2. The van der Waals surface area contributed by atoms with E-state index in [2.05, 4.69) is 59.1 Å². The summed E-state index contributed by atoms with van der Waals surface area (Å²) in [5, 5.41) is 6.15. The highest BCUT2D eigenvalue weighted by atomic mass is 16.2. The number of hydrogen-bond donors (Lipinski definition) is 2. The first kappa shape index (κ1) is 31.9. The summed E-state index contributed by atoms with van der Waals surface area (Å²) in [5.41, 5.74) is 0.796. The molecule has 0 aromatic rings. The Labute approximate surface area is 206 Å². The molecule has 0 saturated carbocycles. The molecule has 0 aromatic carbocycles. The van der Waals surface area contributed by atoms with Gasteiger partial charge in [0.15, 0.2) is 0 Å². The minimum atomic E-state index is -0.147. The van der Waals surface area contributed by atoms with Gasteiger partial charge in [-0.1, -0.05) is 61.3 Å². The van der Waals surface area contributed by atoms with E-state index in [0.29, 0.717) is 23.7 Å². The van der Waals surface area contributed by atoms with E-state index in [-0.39, 0.29) is 22.8 Å². The summed E-state index contributed by atoms with van der Waals surface area (Å²) in [5.74, 6) is 0.372. The zero-order chi connectivity index (χ0) is 25.8. The zero-order valence-electron chi connectivity index (χ0n) is 24.0. The standard InChI is InChI=1S/C29H58N2O2/c1-26(2,3)18-12-11-16-24(32)30-23-14-13-19-28(7,8)21-22-29(9,10)20-15-17-25(33)31-27(4,5)6/h11-23H2,1-10H3,(H,30,32)(H,31,33). The van der Waals surface area contributed by atoms with Gasteiger partial charge in [0.25, 0.3) is 0 Å². The van der Waals surface area contributed by atoms with Crippen LogP contribution in [0.1, 0.15) is 146 Å². The van der Waals surface area contributed by atoms with Crippen molar-refractivity contribution < 1.29 is 9.59 Å². The molecule has 0 fully saturated rings. The zero-order valence-corrected chi connectivity index (χ0v) is 24.0. The fourth-order valence-corrected chi connectivity index (χ4v) is 4.12. The Morgan fingerprint density at radius 2 is 1.03 bits per heavy atom. The Morgan fingerprint density at radius 1 is 0.545 bits per heavy atom. The van der Waals surface area contributed by atoms with Crippen LogP contribution in [-0.2, 0) is 9.59 Å². The maximum Gasteiger partial charge on any atom is 0.220 e. The fraction of sp³-hybridized carbons (Fsp3) is 0.931. The second-order valence-corrected chi connectivity index (χ2v) is 14.1. The highest BCUT2D eigenvalue weighted by Gasteiger charge is 2.24. The van der Waals surface area contributed by atoms with Crippen molar-refractivity contribution in [2.45, 2.75) is 152 Å². The van der Waals surface area contributed by atoms with E-state index in [0.717, 1.165) is 45.1 Å². The quantitative estimate of drug-likeness (QED) is 0.228. The van der Waals surface area contributed by atoms with E-state index in [4.69, 9.17) is 0 Å². The molecule has 0 spiro atoms. The molecule has 196 valence electrons. The normalized spacial score (nSPS) is 13.2. The van der Waals surface area contributed by atoms with Crippen LogP contribution in [0.2, 0.25) is 0 Å². The Hall–Kier alpha value is -1.06. The van der Waals surface area contributed by atoms with Crippen molar-refractivity contribution >= 4 is 11.8 Å². The molecule has 0 aliphatic heterocycles. The average Bonchev–Trinajstić information content (AvgIpc) is 2.61. The van der Waals surface area contributed by atoms with Crippen molar-refractivity contribution in [2.75, 3.05) is 6.54 Å². The van der Waals surface area contributed by atoms with Crippen LogP contribution in [0, 0.1) is 16.2 Å². The van der Waals surface area contributed by atoms with Crippen molar-refractivity contribution in [1.29, 1.82) is 0 Å². The van der Waals surface area contributed by atoms with E-state index in [9.17, 15) is 9.59 Å². The molecule has 0 atom stereocenters. The van der Waals surface area contributed by atoms with Gasteiger partial charge in [-0.2, -0.15) is 0 Å². The number of unbranched alkanes of at least 4 members (excludes halogenated alkanes) is 2. The molecule has 0 unspecified atom stereocenters. The first-order chi connectivity index (χ1) is 14.9. The second kappa shape index (κ2) is 14.4. The van der Waals surface area contributed by atoms with E-state index < -0.39 is 0 Å². The maximum atomic E-state index is 12.0. The van der Waals surface area contributed by atoms with Gasteiger partial charge in [0, 0.05) is 24.9 Å². The predicted octanol–water partition coefficient (Wildman–Crippen LogP) is 7.80. The van der Waals surface area contributed by atoms with Crippen molar-refractivity contribution in [1.82, 2.24) is 10.6 Å². The molecule has 33 heavy (non-hydrogen) atoms.